The number of aliphatic hydroxyl groups is 1. The molecular formula is C34H66O5. The van der Waals surface area contributed by atoms with Crippen LogP contribution >= 0.6 is 0 Å². The quantitative estimate of drug-likeness (QED) is 0.0706. The number of ether oxygens (including phenoxy) is 2. The molecule has 1 N–H and O–H groups in total. The first-order valence-corrected chi connectivity index (χ1v) is 16.9. The van der Waals surface area contributed by atoms with Crippen LogP contribution < -0.4 is 0 Å². The fraction of sp³-hybridized carbons (Fsp3) is 0.941. The molecule has 0 heterocycles. The van der Waals surface area contributed by atoms with Gasteiger partial charge in [0.1, 0.15) is 19.3 Å². The largest absolute Gasteiger partial charge is 0.463 e. The maximum Gasteiger partial charge on any atom is 0.305 e. The van der Waals surface area contributed by atoms with Gasteiger partial charge in [0.25, 0.3) is 0 Å². The van der Waals surface area contributed by atoms with Crippen molar-refractivity contribution < 1.29 is 24.2 Å². The van der Waals surface area contributed by atoms with Crippen LogP contribution in [-0.2, 0) is 19.1 Å². The molecule has 0 spiro atoms. The Morgan fingerprint density at radius 3 is 1.15 bits per heavy atom. The molecule has 0 rings (SSSR count). The topological polar surface area (TPSA) is 72.8 Å². The van der Waals surface area contributed by atoms with Gasteiger partial charge in [-0.05, 0) is 18.8 Å². The summed E-state index contributed by atoms with van der Waals surface area (Å²) in [6.45, 7) is 6.62. The summed E-state index contributed by atoms with van der Waals surface area (Å²) in [7, 11) is 0. The number of rotatable bonds is 30. The fourth-order valence-corrected chi connectivity index (χ4v) is 4.92. The first kappa shape index (κ1) is 37.9. The molecule has 0 saturated carbocycles. The van der Waals surface area contributed by atoms with Crippen molar-refractivity contribution in [2.75, 3.05) is 13.2 Å². The van der Waals surface area contributed by atoms with E-state index >= 15 is 0 Å². The van der Waals surface area contributed by atoms with Crippen molar-refractivity contribution >= 4 is 11.9 Å². The Bertz CT molecular complexity index is 534. The Labute approximate surface area is 242 Å². The van der Waals surface area contributed by atoms with Crippen molar-refractivity contribution in [3.05, 3.63) is 0 Å². The third-order valence-electron chi connectivity index (χ3n) is 7.52. The van der Waals surface area contributed by atoms with E-state index in [1.807, 2.05) is 0 Å². The van der Waals surface area contributed by atoms with E-state index in [4.69, 9.17) is 9.47 Å². The zero-order valence-corrected chi connectivity index (χ0v) is 26.3. The summed E-state index contributed by atoms with van der Waals surface area (Å²) in [6, 6.07) is 0. The number of hydrogen-bond acceptors (Lipinski definition) is 5. The van der Waals surface area contributed by atoms with Gasteiger partial charge in [0.2, 0.25) is 0 Å². The molecular weight excluding hydrogens is 488 g/mol. The van der Waals surface area contributed by atoms with Gasteiger partial charge < -0.3 is 14.6 Å². The summed E-state index contributed by atoms with van der Waals surface area (Å²) >= 11 is 0. The fourth-order valence-electron chi connectivity index (χ4n) is 4.92. The van der Waals surface area contributed by atoms with Crippen LogP contribution in [0.3, 0.4) is 0 Å². The number of esters is 2. The minimum absolute atomic E-state index is 0.109. The Hall–Kier alpha value is -1.10. The maximum atomic E-state index is 11.9. The molecule has 0 aliphatic carbocycles. The molecule has 0 amide bonds. The van der Waals surface area contributed by atoms with Crippen LogP contribution in [0.1, 0.15) is 181 Å². The molecule has 0 radical (unpaired) electrons. The average Bonchev–Trinajstić information content (AvgIpc) is 2.91. The molecule has 5 nitrogen and oxygen atoms in total. The summed E-state index contributed by atoms with van der Waals surface area (Å²) in [5.41, 5.74) is 0. The zero-order chi connectivity index (χ0) is 28.8. The molecule has 0 aromatic rings. The van der Waals surface area contributed by atoms with Crippen LogP contribution in [0.25, 0.3) is 0 Å². The first-order valence-electron chi connectivity index (χ1n) is 16.9. The SMILES string of the molecule is CCCCCCCCCCCCCCCC(=O)OC[C@H](O)COC(=O)CCCCCCCCCCCC(C)C. The molecule has 1 atom stereocenters. The van der Waals surface area contributed by atoms with Crippen molar-refractivity contribution in [3.8, 4) is 0 Å². The van der Waals surface area contributed by atoms with Crippen molar-refractivity contribution in [3.63, 3.8) is 0 Å². The molecule has 0 aliphatic rings. The second-order valence-corrected chi connectivity index (χ2v) is 12.1. The Balaban J connectivity index is 3.41. The highest BCUT2D eigenvalue weighted by atomic mass is 16.6. The molecule has 0 unspecified atom stereocenters. The van der Waals surface area contributed by atoms with Gasteiger partial charge in [-0.1, -0.05) is 156 Å². The number of carbonyl (C=O) groups is 2. The van der Waals surface area contributed by atoms with Crippen LogP contribution in [0.4, 0.5) is 0 Å². The lowest BCUT2D eigenvalue weighted by Gasteiger charge is -2.12. The highest BCUT2D eigenvalue weighted by Crippen LogP contribution is 2.15. The van der Waals surface area contributed by atoms with Crippen molar-refractivity contribution in [2.24, 2.45) is 5.92 Å². The van der Waals surface area contributed by atoms with Gasteiger partial charge in [0, 0.05) is 12.8 Å². The van der Waals surface area contributed by atoms with E-state index in [1.54, 1.807) is 0 Å². The summed E-state index contributed by atoms with van der Waals surface area (Å²) < 4.78 is 10.3. The lowest BCUT2D eigenvalue weighted by Crippen LogP contribution is -2.25. The molecule has 0 saturated heterocycles. The lowest BCUT2D eigenvalue weighted by atomic mass is 10.0. The molecule has 0 fully saturated rings. The standard InChI is InChI=1S/C34H66O5/c1-4-5-6-7-8-9-10-11-12-15-18-21-24-27-33(36)38-29-32(35)30-39-34(37)28-25-22-19-16-13-14-17-20-23-26-31(2)3/h31-32,35H,4-30H2,1-3H3/t32-/m0/s1. The third kappa shape index (κ3) is 31.3. The number of hydrogen-bond donors (Lipinski definition) is 1. The third-order valence-corrected chi connectivity index (χ3v) is 7.52. The van der Waals surface area contributed by atoms with Gasteiger partial charge in [-0.3, -0.25) is 9.59 Å². The van der Waals surface area contributed by atoms with E-state index in [2.05, 4.69) is 20.8 Å². The molecule has 0 aromatic carbocycles. The van der Waals surface area contributed by atoms with Gasteiger partial charge in [0.15, 0.2) is 0 Å². The van der Waals surface area contributed by atoms with Crippen LogP contribution in [0.5, 0.6) is 0 Å². The summed E-state index contributed by atoms with van der Waals surface area (Å²) in [4.78, 5) is 23.8. The van der Waals surface area contributed by atoms with E-state index < -0.39 is 6.10 Å². The van der Waals surface area contributed by atoms with E-state index in [-0.39, 0.29) is 25.2 Å². The second kappa shape index (κ2) is 29.9. The predicted molar refractivity (Wildman–Crippen MR) is 164 cm³/mol. The van der Waals surface area contributed by atoms with Crippen LogP contribution in [0.15, 0.2) is 0 Å². The average molecular weight is 555 g/mol. The predicted octanol–water partition coefficient (Wildman–Crippen LogP) is 9.86. The smallest absolute Gasteiger partial charge is 0.305 e. The monoisotopic (exact) mass is 554 g/mol. The molecule has 39 heavy (non-hydrogen) atoms. The Morgan fingerprint density at radius 2 is 0.821 bits per heavy atom. The van der Waals surface area contributed by atoms with Crippen LogP contribution in [0.2, 0.25) is 0 Å². The normalized spacial score (nSPS) is 12.1. The number of carbonyl (C=O) groups excluding carboxylic acids is 2. The molecule has 0 bridgehead atoms. The van der Waals surface area contributed by atoms with E-state index in [0.717, 1.165) is 38.0 Å². The van der Waals surface area contributed by atoms with Crippen molar-refractivity contribution in [1.29, 1.82) is 0 Å². The van der Waals surface area contributed by atoms with Gasteiger partial charge in [-0.2, -0.15) is 0 Å². The molecule has 232 valence electrons. The molecule has 0 aliphatic heterocycles. The van der Waals surface area contributed by atoms with Crippen molar-refractivity contribution in [1.82, 2.24) is 0 Å². The molecule has 5 heteroatoms. The van der Waals surface area contributed by atoms with Crippen LogP contribution in [0, 0.1) is 5.92 Å². The van der Waals surface area contributed by atoms with Gasteiger partial charge in [0.05, 0.1) is 0 Å². The minimum Gasteiger partial charge on any atom is -0.463 e. The summed E-state index contributed by atoms with van der Waals surface area (Å²) in [6.07, 6.45) is 28.6. The van der Waals surface area contributed by atoms with Gasteiger partial charge in [-0.25, -0.2) is 0 Å². The van der Waals surface area contributed by atoms with Gasteiger partial charge in [-0.15, -0.1) is 0 Å². The zero-order valence-electron chi connectivity index (χ0n) is 26.3. The van der Waals surface area contributed by atoms with Crippen LogP contribution in [-0.4, -0.2) is 36.4 Å². The highest BCUT2D eigenvalue weighted by Gasteiger charge is 2.12. The van der Waals surface area contributed by atoms with E-state index in [9.17, 15) is 14.7 Å². The maximum absolute atomic E-state index is 11.9. The first-order chi connectivity index (χ1) is 19.0. The Morgan fingerprint density at radius 1 is 0.513 bits per heavy atom. The second-order valence-electron chi connectivity index (χ2n) is 12.1. The highest BCUT2D eigenvalue weighted by molar-refractivity contribution is 5.69. The van der Waals surface area contributed by atoms with Gasteiger partial charge >= 0.3 is 11.9 Å². The number of unbranched alkanes of at least 4 members (excludes halogenated alkanes) is 20. The van der Waals surface area contributed by atoms with E-state index in [0.29, 0.717) is 12.8 Å². The van der Waals surface area contributed by atoms with E-state index in [1.165, 1.54) is 116 Å². The summed E-state index contributed by atoms with van der Waals surface area (Å²) in [5.74, 6) is 0.262. The summed E-state index contributed by atoms with van der Waals surface area (Å²) in [5, 5.41) is 9.95. The molecule has 0 aromatic heterocycles. The van der Waals surface area contributed by atoms with Crippen molar-refractivity contribution in [2.45, 2.75) is 187 Å². The minimum atomic E-state index is -0.954. The lowest BCUT2D eigenvalue weighted by molar-refractivity contribution is -0.152. The number of aliphatic hydroxyl groups excluding tert-OH is 1. The Kier molecular flexibility index (Phi) is 29.0.